The van der Waals surface area contributed by atoms with Gasteiger partial charge in [0.15, 0.2) is 0 Å². The normalized spacial score (nSPS) is 12.4. The molecule has 102 valence electrons. The van der Waals surface area contributed by atoms with Crippen molar-refractivity contribution >= 4 is 5.69 Å². The largest absolute Gasteiger partial charge is 0.376 e. The number of nitrogens with zero attached hydrogens (tertiary/aromatic N) is 3. The lowest BCUT2D eigenvalue weighted by molar-refractivity contribution is 0.462. The van der Waals surface area contributed by atoms with Crippen molar-refractivity contribution in [2.24, 2.45) is 0 Å². The van der Waals surface area contributed by atoms with Gasteiger partial charge in [-0.3, -0.25) is 4.79 Å². The van der Waals surface area contributed by atoms with E-state index in [1.54, 1.807) is 12.3 Å². The summed E-state index contributed by atoms with van der Waals surface area (Å²) in [6.45, 7) is 5.93. The predicted octanol–water partition coefficient (Wildman–Crippen LogP) is 1.09. The number of nitrogens with one attached hydrogen (secondary N) is 1. The molecule has 0 fully saturated rings. The Hall–Kier alpha value is -1.36. The van der Waals surface area contributed by atoms with Gasteiger partial charge in [-0.1, -0.05) is 6.92 Å². The Morgan fingerprint density at radius 3 is 2.78 bits per heavy atom. The Kier molecular flexibility index (Phi) is 5.85. The molecule has 0 bridgehead atoms. The molecule has 1 rings (SSSR count). The SMILES string of the molecule is CCNC(C)CCCn1ncc(N(C)C)cc1=O. The first-order valence-corrected chi connectivity index (χ1v) is 6.52. The molecule has 5 heteroatoms. The van der Waals surface area contributed by atoms with Crippen LogP contribution in [-0.4, -0.2) is 36.5 Å². The molecule has 0 aliphatic rings. The van der Waals surface area contributed by atoms with Crippen LogP contribution in [0.4, 0.5) is 5.69 Å². The zero-order valence-corrected chi connectivity index (χ0v) is 11.8. The molecule has 0 saturated heterocycles. The maximum absolute atomic E-state index is 11.8. The molecule has 1 heterocycles. The van der Waals surface area contributed by atoms with Crippen LogP contribution in [0.3, 0.4) is 0 Å². The van der Waals surface area contributed by atoms with Crippen LogP contribution < -0.4 is 15.8 Å². The third kappa shape index (κ3) is 4.49. The van der Waals surface area contributed by atoms with E-state index in [2.05, 4.69) is 24.3 Å². The second-order valence-electron chi connectivity index (χ2n) is 4.77. The van der Waals surface area contributed by atoms with Crippen LogP contribution in [0.15, 0.2) is 17.1 Å². The average Bonchev–Trinajstić information content (AvgIpc) is 2.31. The van der Waals surface area contributed by atoms with E-state index in [1.807, 2.05) is 19.0 Å². The highest BCUT2D eigenvalue weighted by Crippen LogP contribution is 2.04. The summed E-state index contributed by atoms with van der Waals surface area (Å²) in [5, 5.41) is 7.54. The second-order valence-corrected chi connectivity index (χ2v) is 4.77. The van der Waals surface area contributed by atoms with Crippen molar-refractivity contribution in [1.82, 2.24) is 15.1 Å². The van der Waals surface area contributed by atoms with Gasteiger partial charge in [0, 0.05) is 32.7 Å². The number of aromatic nitrogens is 2. The molecule has 0 aromatic carbocycles. The van der Waals surface area contributed by atoms with Crippen LogP contribution in [0.5, 0.6) is 0 Å². The molecule has 5 nitrogen and oxygen atoms in total. The van der Waals surface area contributed by atoms with Crippen molar-refractivity contribution in [3.05, 3.63) is 22.6 Å². The quantitative estimate of drug-likeness (QED) is 0.789. The number of rotatable bonds is 7. The molecular formula is C13H24N4O. The van der Waals surface area contributed by atoms with Gasteiger partial charge in [-0.25, -0.2) is 4.68 Å². The van der Waals surface area contributed by atoms with Gasteiger partial charge in [0.2, 0.25) is 0 Å². The van der Waals surface area contributed by atoms with Crippen LogP contribution in [-0.2, 0) is 6.54 Å². The summed E-state index contributed by atoms with van der Waals surface area (Å²) >= 11 is 0. The fourth-order valence-electron chi connectivity index (χ4n) is 1.83. The summed E-state index contributed by atoms with van der Waals surface area (Å²) in [4.78, 5) is 13.7. The minimum Gasteiger partial charge on any atom is -0.376 e. The van der Waals surface area contributed by atoms with E-state index in [0.717, 1.165) is 25.1 Å². The molecule has 0 amide bonds. The van der Waals surface area contributed by atoms with Crippen molar-refractivity contribution < 1.29 is 0 Å². The highest BCUT2D eigenvalue weighted by atomic mass is 16.1. The molecule has 1 unspecified atom stereocenters. The minimum atomic E-state index is -0.0303. The molecule has 0 spiro atoms. The first-order valence-electron chi connectivity index (χ1n) is 6.52. The van der Waals surface area contributed by atoms with Crippen molar-refractivity contribution in [3.63, 3.8) is 0 Å². The van der Waals surface area contributed by atoms with Crippen molar-refractivity contribution in [2.45, 2.75) is 39.3 Å². The van der Waals surface area contributed by atoms with Gasteiger partial charge >= 0.3 is 0 Å². The van der Waals surface area contributed by atoms with Crippen molar-refractivity contribution in [3.8, 4) is 0 Å². The molecule has 18 heavy (non-hydrogen) atoms. The van der Waals surface area contributed by atoms with Gasteiger partial charge in [0.25, 0.3) is 5.56 Å². The maximum atomic E-state index is 11.8. The Balaban J connectivity index is 2.51. The third-order valence-electron chi connectivity index (χ3n) is 2.93. The van der Waals surface area contributed by atoms with E-state index in [-0.39, 0.29) is 5.56 Å². The second kappa shape index (κ2) is 7.16. The molecule has 1 atom stereocenters. The van der Waals surface area contributed by atoms with Gasteiger partial charge < -0.3 is 10.2 Å². The zero-order chi connectivity index (χ0) is 13.5. The van der Waals surface area contributed by atoms with E-state index < -0.39 is 0 Å². The minimum absolute atomic E-state index is 0.0303. The lowest BCUT2D eigenvalue weighted by Crippen LogP contribution is -2.27. The summed E-state index contributed by atoms with van der Waals surface area (Å²) < 4.78 is 1.53. The zero-order valence-electron chi connectivity index (χ0n) is 11.8. The highest BCUT2D eigenvalue weighted by Gasteiger charge is 2.03. The third-order valence-corrected chi connectivity index (χ3v) is 2.93. The van der Waals surface area contributed by atoms with Crippen LogP contribution in [0.2, 0.25) is 0 Å². The summed E-state index contributed by atoms with van der Waals surface area (Å²) in [7, 11) is 3.80. The fourth-order valence-corrected chi connectivity index (χ4v) is 1.83. The fraction of sp³-hybridized carbons (Fsp3) is 0.692. The van der Waals surface area contributed by atoms with Gasteiger partial charge in [0.1, 0.15) is 0 Å². The molecule has 0 saturated carbocycles. The van der Waals surface area contributed by atoms with Gasteiger partial charge in [-0.15, -0.1) is 0 Å². The lowest BCUT2D eigenvalue weighted by Gasteiger charge is -2.14. The average molecular weight is 252 g/mol. The molecule has 0 aliphatic heterocycles. The summed E-state index contributed by atoms with van der Waals surface area (Å²) in [6.07, 6.45) is 3.74. The van der Waals surface area contributed by atoms with Gasteiger partial charge in [0.05, 0.1) is 11.9 Å². The molecule has 1 N–H and O–H groups in total. The molecule has 0 aliphatic carbocycles. The van der Waals surface area contributed by atoms with Crippen LogP contribution >= 0.6 is 0 Å². The maximum Gasteiger partial charge on any atom is 0.268 e. The Morgan fingerprint density at radius 2 is 2.22 bits per heavy atom. The molecule has 1 aromatic rings. The monoisotopic (exact) mass is 252 g/mol. The Morgan fingerprint density at radius 1 is 1.50 bits per heavy atom. The van der Waals surface area contributed by atoms with Gasteiger partial charge in [-0.2, -0.15) is 5.10 Å². The first-order chi connectivity index (χ1) is 8.54. The van der Waals surface area contributed by atoms with Crippen LogP contribution in [0, 0.1) is 0 Å². The van der Waals surface area contributed by atoms with E-state index in [4.69, 9.17) is 0 Å². The number of aryl methyl sites for hydroxylation is 1. The molecular weight excluding hydrogens is 228 g/mol. The Labute approximate surface area is 109 Å². The Bertz CT molecular complexity index is 414. The highest BCUT2D eigenvalue weighted by molar-refractivity contribution is 5.40. The van der Waals surface area contributed by atoms with E-state index >= 15 is 0 Å². The smallest absolute Gasteiger partial charge is 0.268 e. The van der Waals surface area contributed by atoms with Crippen LogP contribution in [0.25, 0.3) is 0 Å². The molecule has 1 aromatic heterocycles. The van der Waals surface area contributed by atoms with Crippen molar-refractivity contribution in [1.29, 1.82) is 0 Å². The van der Waals surface area contributed by atoms with Crippen LogP contribution in [0.1, 0.15) is 26.7 Å². The van der Waals surface area contributed by atoms with Crippen molar-refractivity contribution in [2.75, 3.05) is 25.5 Å². The summed E-state index contributed by atoms with van der Waals surface area (Å²) in [5.41, 5.74) is 0.814. The standard InChI is InChI=1S/C13H24N4O/c1-5-14-11(2)7-6-8-17-13(18)9-12(10-15-17)16(3)4/h9-11,14H,5-8H2,1-4H3. The summed E-state index contributed by atoms with van der Waals surface area (Å²) in [6, 6.07) is 2.12. The predicted molar refractivity (Wildman–Crippen MR) is 75.2 cm³/mol. The molecule has 0 radical (unpaired) electrons. The van der Waals surface area contributed by atoms with E-state index in [1.165, 1.54) is 4.68 Å². The summed E-state index contributed by atoms with van der Waals surface area (Å²) in [5.74, 6) is 0. The first kappa shape index (κ1) is 14.7. The van der Waals surface area contributed by atoms with Gasteiger partial charge in [-0.05, 0) is 26.3 Å². The van der Waals surface area contributed by atoms with E-state index in [9.17, 15) is 4.79 Å². The number of hydrogen-bond donors (Lipinski definition) is 1. The number of hydrogen-bond acceptors (Lipinski definition) is 4. The lowest BCUT2D eigenvalue weighted by atomic mass is 10.2. The topological polar surface area (TPSA) is 50.2 Å². The number of anilines is 1. The van der Waals surface area contributed by atoms with E-state index in [0.29, 0.717) is 12.6 Å².